The number of pyridine rings is 1. The number of anilines is 1. The van der Waals surface area contributed by atoms with Gasteiger partial charge in [-0.1, -0.05) is 18.2 Å². The van der Waals surface area contributed by atoms with Crippen molar-refractivity contribution in [3.63, 3.8) is 0 Å². The van der Waals surface area contributed by atoms with Crippen LogP contribution in [-0.4, -0.2) is 35.8 Å². The Hall–Kier alpha value is -2.95. The fraction of sp³-hybridized carbons (Fsp3) is 0.118. The number of carbonyl (C=O) groups is 2. The zero-order valence-corrected chi connectivity index (χ0v) is 12.5. The Morgan fingerprint density at radius 2 is 1.82 bits per heavy atom. The highest BCUT2D eigenvalue weighted by molar-refractivity contribution is 6.07. The monoisotopic (exact) mass is 295 g/mol. The normalized spacial score (nSPS) is 10.5. The predicted octanol–water partition coefficient (Wildman–Crippen LogP) is 2.44. The molecule has 0 saturated heterocycles. The second kappa shape index (κ2) is 7.17. The van der Waals surface area contributed by atoms with Crippen molar-refractivity contribution < 1.29 is 9.59 Å². The molecular formula is C17H17N3O2. The number of hydrogen-bond acceptors (Lipinski definition) is 3. The fourth-order valence-electron chi connectivity index (χ4n) is 1.83. The Labute approximate surface area is 129 Å². The van der Waals surface area contributed by atoms with Crippen molar-refractivity contribution in [1.82, 2.24) is 9.88 Å². The molecule has 0 atom stereocenters. The van der Waals surface area contributed by atoms with Gasteiger partial charge in [-0.05, 0) is 30.3 Å². The summed E-state index contributed by atoms with van der Waals surface area (Å²) in [5, 5.41) is 2.72. The van der Waals surface area contributed by atoms with Crippen LogP contribution in [0.25, 0.3) is 6.08 Å². The topological polar surface area (TPSA) is 62.3 Å². The van der Waals surface area contributed by atoms with E-state index in [0.29, 0.717) is 16.9 Å². The lowest BCUT2D eigenvalue weighted by Gasteiger charge is -2.14. The van der Waals surface area contributed by atoms with Gasteiger partial charge in [-0.25, -0.2) is 0 Å². The highest BCUT2D eigenvalue weighted by Crippen LogP contribution is 2.16. The molecule has 5 heteroatoms. The van der Waals surface area contributed by atoms with Gasteiger partial charge in [-0.2, -0.15) is 0 Å². The molecule has 0 radical (unpaired) electrons. The predicted molar refractivity (Wildman–Crippen MR) is 86.4 cm³/mol. The van der Waals surface area contributed by atoms with Crippen LogP contribution in [0.2, 0.25) is 0 Å². The van der Waals surface area contributed by atoms with Crippen LogP contribution in [0.15, 0.2) is 54.7 Å². The minimum atomic E-state index is -0.315. The Morgan fingerprint density at radius 3 is 2.50 bits per heavy atom. The van der Waals surface area contributed by atoms with E-state index in [2.05, 4.69) is 10.3 Å². The lowest BCUT2D eigenvalue weighted by atomic mass is 10.1. The van der Waals surface area contributed by atoms with Gasteiger partial charge in [0.25, 0.3) is 5.91 Å². The third-order valence-electron chi connectivity index (χ3n) is 2.91. The van der Waals surface area contributed by atoms with Crippen LogP contribution in [0, 0.1) is 0 Å². The van der Waals surface area contributed by atoms with Crippen molar-refractivity contribution in [2.45, 2.75) is 0 Å². The number of nitrogens with one attached hydrogen (secondary N) is 1. The molecule has 0 spiro atoms. The van der Waals surface area contributed by atoms with Gasteiger partial charge in [0.05, 0.1) is 16.9 Å². The van der Waals surface area contributed by atoms with Gasteiger partial charge in [-0.15, -0.1) is 0 Å². The van der Waals surface area contributed by atoms with E-state index in [-0.39, 0.29) is 11.8 Å². The molecule has 1 N–H and O–H groups in total. The van der Waals surface area contributed by atoms with Gasteiger partial charge >= 0.3 is 0 Å². The number of aromatic nitrogens is 1. The Balaban J connectivity index is 2.12. The van der Waals surface area contributed by atoms with E-state index < -0.39 is 0 Å². The Kier molecular flexibility index (Phi) is 5.03. The van der Waals surface area contributed by atoms with Gasteiger partial charge in [0, 0.05) is 26.4 Å². The number of benzene rings is 1. The number of amides is 2. The summed E-state index contributed by atoms with van der Waals surface area (Å²) < 4.78 is 0. The largest absolute Gasteiger partial charge is 0.345 e. The molecule has 0 aliphatic rings. The van der Waals surface area contributed by atoms with Gasteiger partial charge in [-0.3, -0.25) is 14.6 Å². The third kappa shape index (κ3) is 4.02. The number of carbonyl (C=O) groups excluding carboxylic acids is 2. The summed E-state index contributed by atoms with van der Waals surface area (Å²) in [5.41, 5.74) is 1.62. The summed E-state index contributed by atoms with van der Waals surface area (Å²) in [7, 11) is 3.34. The standard InChI is InChI=1S/C17H17N3O2/c1-20(2)17(22)14-8-3-4-9-15(14)19-16(21)11-10-13-7-5-6-12-18-13/h3-12H,1-2H3,(H,19,21). The first-order valence-corrected chi connectivity index (χ1v) is 6.78. The summed E-state index contributed by atoms with van der Waals surface area (Å²) >= 11 is 0. The maximum absolute atomic E-state index is 12.1. The molecule has 1 aromatic carbocycles. The third-order valence-corrected chi connectivity index (χ3v) is 2.91. The van der Waals surface area contributed by atoms with Crippen LogP contribution in [0.1, 0.15) is 16.1 Å². The van der Waals surface area contributed by atoms with Crippen molar-refractivity contribution in [2.24, 2.45) is 0 Å². The van der Waals surface area contributed by atoms with E-state index in [0.717, 1.165) is 0 Å². The second-order valence-corrected chi connectivity index (χ2v) is 4.82. The average molecular weight is 295 g/mol. The number of para-hydroxylation sites is 1. The van der Waals surface area contributed by atoms with Gasteiger partial charge in [0.1, 0.15) is 0 Å². The van der Waals surface area contributed by atoms with Crippen molar-refractivity contribution in [2.75, 3.05) is 19.4 Å². The van der Waals surface area contributed by atoms with E-state index in [1.54, 1.807) is 62.8 Å². The molecule has 1 heterocycles. The summed E-state index contributed by atoms with van der Waals surface area (Å²) in [4.78, 5) is 29.6. The highest BCUT2D eigenvalue weighted by Gasteiger charge is 2.13. The first kappa shape index (κ1) is 15.4. The maximum atomic E-state index is 12.1. The van der Waals surface area contributed by atoms with Crippen LogP contribution < -0.4 is 5.32 Å². The first-order chi connectivity index (χ1) is 10.6. The molecule has 112 valence electrons. The van der Waals surface area contributed by atoms with Crippen LogP contribution in [0.5, 0.6) is 0 Å². The molecule has 0 saturated carbocycles. The molecule has 0 fully saturated rings. The smallest absolute Gasteiger partial charge is 0.255 e. The van der Waals surface area contributed by atoms with Crippen LogP contribution in [0.4, 0.5) is 5.69 Å². The molecule has 0 unspecified atom stereocenters. The lowest BCUT2D eigenvalue weighted by molar-refractivity contribution is -0.111. The van der Waals surface area contributed by atoms with Gasteiger partial charge in [0.15, 0.2) is 0 Å². The lowest BCUT2D eigenvalue weighted by Crippen LogP contribution is -2.23. The van der Waals surface area contributed by atoms with Crippen molar-refractivity contribution in [3.05, 3.63) is 66.0 Å². The van der Waals surface area contributed by atoms with E-state index in [4.69, 9.17) is 0 Å². The van der Waals surface area contributed by atoms with Crippen molar-refractivity contribution in [3.8, 4) is 0 Å². The van der Waals surface area contributed by atoms with Gasteiger partial charge in [0.2, 0.25) is 5.91 Å². The van der Waals surface area contributed by atoms with Crippen molar-refractivity contribution >= 4 is 23.6 Å². The molecular weight excluding hydrogens is 278 g/mol. The molecule has 0 bridgehead atoms. The second-order valence-electron chi connectivity index (χ2n) is 4.82. The molecule has 22 heavy (non-hydrogen) atoms. The van der Waals surface area contributed by atoms with E-state index >= 15 is 0 Å². The fourth-order valence-corrected chi connectivity index (χ4v) is 1.83. The highest BCUT2D eigenvalue weighted by atomic mass is 16.2. The summed E-state index contributed by atoms with van der Waals surface area (Å²) in [5.74, 6) is -0.478. The molecule has 2 rings (SSSR count). The van der Waals surface area contributed by atoms with Crippen LogP contribution in [-0.2, 0) is 4.79 Å². The molecule has 0 aliphatic heterocycles. The van der Waals surface area contributed by atoms with E-state index in [1.807, 2.05) is 6.07 Å². The van der Waals surface area contributed by atoms with Crippen LogP contribution >= 0.6 is 0 Å². The summed E-state index contributed by atoms with van der Waals surface area (Å²) in [6.07, 6.45) is 4.66. The number of rotatable bonds is 4. The molecule has 5 nitrogen and oxygen atoms in total. The van der Waals surface area contributed by atoms with Crippen molar-refractivity contribution in [1.29, 1.82) is 0 Å². The first-order valence-electron chi connectivity index (χ1n) is 6.78. The van der Waals surface area contributed by atoms with E-state index in [1.165, 1.54) is 11.0 Å². The maximum Gasteiger partial charge on any atom is 0.255 e. The average Bonchev–Trinajstić information content (AvgIpc) is 2.53. The zero-order chi connectivity index (χ0) is 15.9. The molecule has 2 amide bonds. The van der Waals surface area contributed by atoms with Gasteiger partial charge < -0.3 is 10.2 Å². The summed E-state index contributed by atoms with van der Waals surface area (Å²) in [6, 6.07) is 12.4. The number of hydrogen-bond donors (Lipinski definition) is 1. The minimum Gasteiger partial charge on any atom is -0.345 e. The quantitative estimate of drug-likeness (QED) is 0.881. The molecule has 1 aromatic heterocycles. The number of nitrogens with zero attached hydrogens (tertiary/aromatic N) is 2. The minimum absolute atomic E-state index is 0.162. The Bertz CT molecular complexity index is 694. The zero-order valence-electron chi connectivity index (χ0n) is 12.5. The van der Waals surface area contributed by atoms with Crippen LogP contribution in [0.3, 0.4) is 0 Å². The molecule has 0 aliphatic carbocycles. The SMILES string of the molecule is CN(C)C(=O)c1ccccc1NC(=O)C=Cc1ccccn1. The van der Waals surface area contributed by atoms with E-state index in [9.17, 15) is 9.59 Å². The summed E-state index contributed by atoms with van der Waals surface area (Å²) in [6.45, 7) is 0. The Morgan fingerprint density at radius 1 is 1.09 bits per heavy atom. The molecule has 2 aromatic rings.